The molecular formula is C32H37F2N5O2. The average Bonchev–Trinajstić information content (AvgIpc) is 3.61. The number of phenolic OH excluding ortho intramolecular Hbond substituents is 1. The quantitative estimate of drug-likeness (QED) is 0.470. The highest BCUT2D eigenvalue weighted by molar-refractivity contribution is 5.88. The normalized spacial score (nSPS) is 31.0. The molecule has 0 spiro atoms. The molecule has 5 aliphatic rings. The molecule has 2 bridgehead atoms. The maximum atomic E-state index is 15.1. The maximum absolute atomic E-state index is 15.1. The minimum Gasteiger partial charge on any atom is -0.508 e. The minimum absolute atomic E-state index is 0.00912. The summed E-state index contributed by atoms with van der Waals surface area (Å²) in [5.74, 6) is 0.852. The number of anilines is 1. The van der Waals surface area contributed by atoms with Crippen LogP contribution in [0.25, 0.3) is 10.8 Å². The number of aromatic hydroxyl groups is 1. The van der Waals surface area contributed by atoms with E-state index in [0.29, 0.717) is 54.9 Å². The van der Waals surface area contributed by atoms with Crippen LogP contribution in [0.1, 0.15) is 61.3 Å². The van der Waals surface area contributed by atoms with Gasteiger partial charge in [-0.05, 0) is 86.6 Å². The van der Waals surface area contributed by atoms with E-state index in [1.165, 1.54) is 18.9 Å². The molecular weight excluding hydrogens is 524 g/mol. The number of ether oxygens (including phenoxy) is 1. The first-order valence-electron chi connectivity index (χ1n) is 15.3. The highest BCUT2D eigenvalue weighted by Gasteiger charge is 2.49. The third-order valence-corrected chi connectivity index (χ3v) is 10.4. The molecule has 5 heterocycles. The van der Waals surface area contributed by atoms with Crippen molar-refractivity contribution in [1.82, 2.24) is 20.2 Å². The van der Waals surface area contributed by atoms with Crippen molar-refractivity contribution in [1.29, 1.82) is 0 Å². The predicted molar refractivity (Wildman–Crippen MR) is 153 cm³/mol. The number of rotatable bonds is 5. The summed E-state index contributed by atoms with van der Waals surface area (Å²) in [7, 11) is 0. The van der Waals surface area contributed by atoms with Gasteiger partial charge in [0.15, 0.2) is 0 Å². The molecule has 1 aliphatic carbocycles. The molecule has 8 rings (SSSR count). The van der Waals surface area contributed by atoms with E-state index < -0.39 is 6.17 Å². The van der Waals surface area contributed by atoms with Crippen molar-refractivity contribution in [3.8, 4) is 11.8 Å². The SMILES string of the molecule is Oc1cc(C2CCc3c(nc(OC[C@@]45CCCN4C[C@H](F)C5)nc3N3C[C@H]4CC[C@@H](C3)N4)C2)c2c(F)cccc2c1. The van der Waals surface area contributed by atoms with Crippen LogP contribution >= 0.6 is 0 Å². The summed E-state index contributed by atoms with van der Waals surface area (Å²) in [5, 5.41) is 15.5. The van der Waals surface area contributed by atoms with Crippen molar-refractivity contribution < 1.29 is 18.6 Å². The van der Waals surface area contributed by atoms with Gasteiger partial charge in [0, 0.05) is 49.1 Å². The van der Waals surface area contributed by atoms with Gasteiger partial charge in [-0.15, -0.1) is 0 Å². The summed E-state index contributed by atoms with van der Waals surface area (Å²) in [4.78, 5) is 14.7. The van der Waals surface area contributed by atoms with Gasteiger partial charge in [0.1, 0.15) is 30.2 Å². The zero-order valence-corrected chi connectivity index (χ0v) is 23.3. The Morgan fingerprint density at radius 3 is 2.80 bits per heavy atom. The van der Waals surface area contributed by atoms with E-state index in [2.05, 4.69) is 15.1 Å². The van der Waals surface area contributed by atoms with Crippen LogP contribution in [0.5, 0.6) is 11.8 Å². The number of nitrogens with one attached hydrogen (secondary N) is 1. The molecule has 5 atom stereocenters. The first-order valence-corrected chi connectivity index (χ1v) is 15.3. The molecule has 4 fully saturated rings. The van der Waals surface area contributed by atoms with Crippen molar-refractivity contribution in [2.24, 2.45) is 0 Å². The highest BCUT2D eigenvalue weighted by Crippen LogP contribution is 2.43. The monoisotopic (exact) mass is 561 g/mol. The van der Waals surface area contributed by atoms with E-state index in [1.54, 1.807) is 18.2 Å². The summed E-state index contributed by atoms with van der Waals surface area (Å²) in [6, 6.07) is 9.65. The number of alkyl halides is 1. The number of halogens is 2. The van der Waals surface area contributed by atoms with Gasteiger partial charge >= 0.3 is 6.01 Å². The average molecular weight is 562 g/mol. The van der Waals surface area contributed by atoms with Crippen molar-refractivity contribution >= 4 is 16.6 Å². The Morgan fingerprint density at radius 2 is 1.95 bits per heavy atom. The van der Waals surface area contributed by atoms with Crippen LogP contribution in [0.15, 0.2) is 30.3 Å². The van der Waals surface area contributed by atoms with Crippen LogP contribution in [-0.4, -0.2) is 76.6 Å². The molecule has 3 aromatic rings. The lowest BCUT2D eigenvalue weighted by Crippen LogP contribution is -2.51. The predicted octanol–water partition coefficient (Wildman–Crippen LogP) is 4.64. The highest BCUT2D eigenvalue weighted by atomic mass is 19.1. The number of benzene rings is 2. The molecule has 0 radical (unpaired) electrons. The van der Waals surface area contributed by atoms with Gasteiger partial charge in [-0.25, -0.2) is 8.78 Å². The summed E-state index contributed by atoms with van der Waals surface area (Å²) >= 11 is 0. The first-order chi connectivity index (χ1) is 19.9. The smallest absolute Gasteiger partial charge is 0.318 e. The summed E-state index contributed by atoms with van der Waals surface area (Å²) in [6.45, 7) is 3.61. The number of aromatic nitrogens is 2. The lowest BCUT2D eigenvalue weighted by molar-refractivity contribution is 0.107. The Labute approximate surface area is 238 Å². The molecule has 4 aliphatic heterocycles. The first kappa shape index (κ1) is 25.7. The third kappa shape index (κ3) is 4.43. The fourth-order valence-corrected chi connectivity index (χ4v) is 8.50. The molecule has 9 heteroatoms. The van der Waals surface area contributed by atoms with Crippen molar-refractivity contribution in [3.63, 3.8) is 0 Å². The Bertz CT molecular complexity index is 1490. The van der Waals surface area contributed by atoms with Gasteiger partial charge in [0.05, 0.1) is 11.2 Å². The molecule has 0 saturated carbocycles. The Morgan fingerprint density at radius 1 is 1.10 bits per heavy atom. The van der Waals surface area contributed by atoms with Crippen molar-refractivity contribution in [2.45, 2.75) is 81.1 Å². The molecule has 4 saturated heterocycles. The van der Waals surface area contributed by atoms with Gasteiger partial charge in [-0.1, -0.05) is 12.1 Å². The third-order valence-electron chi connectivity index (χ3n) is 10.4. The van der Waals surface area contributed by atoms with E-state index in [1.807, 2.05) is 6.07 Å². The van der Waals surface area contributed by atoms with E-state index in [4.69, 9.17) is 14.7 Å². The van der Waals surface area contributed by atoms with Crippen LogP contribution in [0.4, 0.5) is 14.6 Å². The fraction of sp³-hybridized carbons (Fsp3) is 0.562. The standard InChI is InChI=1S/C32H37F2N5O2/c33-21-14-32(9-2-10-39(32)15-21)18-41-31-36-28-12-19(26-13-24(40)11-20-3-1-4-27(34)29(20)26)5-8-25(28)30(37-31)38-16-22-6-7-23(17-38)35-22/h1,3-4,11,13,19,21-23,35,40H,2,5-10,12,14-18H2/t19?,21-,22-,23+,32+/m1/s1. The van der Waals surface area contributed by atoms with E-state index >= 15 is 4.39 Å². The molecule has 1 unspecified atom stereocenters. The Balaban J connectivity index is 1.15. The van der Waals surface area contributed by atoms with Crippen LogP contribution in [-0.2, 0) is 12.8 Å². The molecule has 0 amide bonds. The minimum atomic E-state index is -0.812. The van der Waals surface area contributed by atoms with E-state index in [-0.39, 0.29) is 23.0 Å². The second kappa shape index (κ2) is 9.76. The summed E-state index contributed by atoms with van der Waals surface area (Å²) < 4.78 is 35.9. The number of hydrogen-bond donors (Lipinski definition) is 2. The summed E-state index contributed by atoms with van der Waals surface area (Å²) in [5.41, 5.74) is 2.65. The molecule has 2 aromatic carbocycles. The molecule has 7 nitrogen and oxygen atoms in total. The molecule has 41 heavy (non-hydrogen) atoms. The zero-order valence-electron chi connectivity index (χ0n) is 23.3. The Hall–Kier alpha value is -3.04. The van der Waals surface area contributed by atoms with E-state index in [0.717, 1.165) is 68.0 Å². The fourth-order valence-electron chi connectivity index (χ4n) is 8.50. The topological polar surface area (TPSA) is 73.8 Å². The second-order valence-electron chi connectivity index (χ2n) is 13.0. The number of fused-ring (bicyclic) bond motifs is 5. The van der Waals surface area contributed by atoms with Gasteiger partial charge in [0.2, 0.25) is 0 Å². The van der Waals surface area contributed by atoms with Gasteiger partial charge in [-0.2, -0.15) is 9.97 Å². The van der Waals surface area contributed by atoms with E-state index in [9.17, 15) is 9.50 Å². The molecule has 1 aromatic heterocycles. The van der Waals surface area contributed by atoms with Crippen molar-refractivity contribution in [2.75, 3.05) is 37.7 Å². The van der Waals surface area contributed by atoms with Crippen LogP contribution in [0, 0.1) is 5.82 Å². The zero-order chi connectivity index (χ0) is 27.7. The van der Waals surface area contributed by atoms with Crippen LogP contribution in [0.2, 0.25) is 0 Å². The number of piperazine rings is 1. The van der Waals surface area contributed by atoms with Gasteiger partial charge in [-0.3, -0.25) is 4.90 Å². The molecule has 2 N–H and O–H groups in total. The van der Waals surface area contributed by atoms with Crippen LogP contribution < -0.4 is 15.0 Å². The number of nitrogens with zero attached hydrogens (tertiary/aromatic N) is 4. The second-order valence-corrected chi connectivity index (χ2v) is 13.0. The Kier molecular flexibility index (Phi) is 6.11. The maximum Gasteiger partial charge on any atom is 0.318 e. The lowest BCUT2D eigenvalue weighted by atomic mass is 9.80. The van der Waals surface area contributed by atoms with Crippen molar-refractivity contribution in [3.05, 3.63) is 53.0 Å². The largest absolute Gasteiger partial charge is 0.508 e. The van der Waals surface area contributed by atoms with Crippen LogP contribution in [0.3, 0.4) is 0 Å². The summed E-state index contributed by atoms with van der Waals surface area (Å²) in [6.07, 6.45) is 6.27. The molecule has 216 valence electrons. The number of hydrogen-bond acceptors (Lipinski definition) is 7. The van der Waals surface area contributed by atoms with Gasteiger partial charge < -0.3 is 20.1 Å². The van der Waals surface area contributed by atoms with Gasteiger partial charge in [0.25, 0.3) is 0 Å². The number of phenols is 1. The lowest BCUT2D eigenvalue weighted by Gasteiger charge is -2.37.